The monoisotopic (exact) mass is 193 g/mol. The van der Waals surface area contributed by atoms with Crippen LogP contribution in [0.5, 0.6) is 0 Å². The lowest BCUT2D eigenvalue weighted by atomic mass is 9.87. The van der Waals surface area contributed by atoms with Gasteiger partial charge in [0.15, 0.2) is 0 Å². The molecule has 0 spiro atoms. The molecule has 0 aromatic carbocycles. The zero-order valence-corrected chi connectivity index (χ0v) is 9.03. The van der Waals surface area contributed by atoms with Crippen molar-refractivity contribution in [2.45, 2.75) is 45.6 Å². The van der Waals surface area contributed by atoms with E-state index in [2.05, 4.69) is 16.7 Å². The molecule has 2 N–H and O–H groups in total. The number of nitrogen functional groups attached to an aromatic ring is 1. The van der Waals surface area contributed by atoms with E-state index in [1.165, 1.54) is 25.7 Å². The Balaban J connectivity index is 2.08. The molecule has 2 rings (SSSR count). The van der Waals surface area contributed by atoms with E-state index in [0.29, 0.717) is 6.04 Å². The van der Waals surface area contributed by atoms with E-state index in [0.717, 1.165) is 17.3 Å². The molecule has 0 amide bonds. The molecule has 0 aliphatic heterocycles. The number of hydrogen-bond acceptors (Lipinski definition) is 2. The van der Waals surface area contributed by atoms with Gasteiger partial charge in [-0.1, -0.05) is 6.92 Å². The number of nitrogens with two attached hydrogens (primary N) is 1. The summed E-state index contributed by atoms with van der Waals surface area (Å²) < 4.78 is 2.07. The molecule has 78 valence electrons. The van der Waals surface area contributed by atoms with Crippen molar-refractivity contribution >= 4 is 5.69 Å². The number of aromatic nitrogens is 2. The maximum atomic E-state index is 5.79. The van der Waals surface area contributed by atoms with Gasteiger partial charge in [0.2, 0.25) is 0 Å². The van der Waals surface area contributed by atoms with Crippen LogP contribution in [0.15, 0.2) is 6.20 Å². The Kier molecular flexibility index (Phi) is 2.48. The second kappa shape index (κ2) is 3.64. The first-order valence-electron chi connectivity index (χ1n) is 5.48. The number of anilines is 1. The summed E-state index contributed by atoms with van der Waals surface area (Å²) in [5.41, 5.74) is 7.58. The van der Waals surface area contributed by atoms with Crippen LogP contribution in [0, 0.1) is 12.8 Å². The van der Waals surface area contributed by atoms with Crippen LogP contribution in [0.2, 0.25) is 0 Å². The minimum Gasteiger partial charge on any atom is -0.396 e. The Bertz CT molecular complexity index is 289. The average Bonchev–Trinajstić information content (AvgIpc) is 2.48. The smallest absolute Gasteiger partial charge is 0.0823 e. The minimum atomic E-state index is 0.585. The Morgan fingerprint density at radius 3 is 2.50 bits per heavy atom. The van der Waals surface area contributed by atoms with Gasteiger partial charge >= 0.3 is 0 Å². The predicted octanol–water partition coefficient (Wildman–Crippen LogP) is 2.52. The minimum absolute atomic E-state index is 0.585. The molecule has 0 saturated heterocycles. The van der Waals surface area contributed by atoms with Crippen molar-refractivity contribution in [3.63, 3.8) is 0 Å². The zero-order valence-electron chi connectivity index (χ0n) is 9.03. The topological polar surface area (TPSA) is 43.8 Å². The van der Waals surface area contributed by atoms with Gasteiger partial charge in [0.05, 0.1) is 17.4 Å². The first-order valence-corrected chi connectivity index (χ1v) is 5.48. The lowest BCUT2D eigenvalue weighted by Crippen LogP contribution is -2.17. The average molecular weight is 193 g/mol. The largest absolute Gasteiger partial charge is 0.396 e. The molecule has 1 aromatic rings. The zero-order chi connectivity index (χ0) is 10.1. The summed E-state index contributed by atoms with van der Waals surface area (Å²) in [6, 6.07) is 0.585. The fourth-order valence-electron chi connectivity index (χ4n) is 2.19. The van der Waals surface area contributed by atoms with E-state index in [1.54, 1.807) is 0 Å². The normalized spacial score (nSPS) is 27.9. The third-order valence-electron chi connectivity index (χ3n) is 3.31. The van der Waals surface area contributed by atoms with Crippen molar-refractivity contribution in [1.29, 1.82) is 0 Å². The first kappa shape index (κ1) is 9.56. The van der Waals surface area contributed by atoms with Crippen molar-refractivity contribution < 1.29 is 0 Å². The lowest BCUT2D eigenvalue weighted by molar-refractivity contribution is 0.273. The van der Waals surface area contributed by atoms with E-state index in [4.69, 9.17) is 5.73 Å². The molecule has 1 aliphatic carbocycles. The molecule has 14 heavy (non-hydrogen) atoms. The fraction of sp³-hybridized carbons (Fsp3) is 0.727. The highest BCUT2D eigenvalue weighted by Gasteiger charge is 2.20. The van der Waals surface area contributed by atoms with E-state index < -0.39 is 0 Å². The molecule has 0 atom stereocenters. The summed E-state index contributed by atoms with van der Waals surface area (Å²) in [5.74, 6) is 0.889. The molecule has 0 bridgehead atoms. The SMILES string of the molecule is Cc1nn(C2CCC(C)CC2)cc1N. The van der Waals surface area contributed by atoms with Gasteiger partial charge in [0, 0.05) is 6.20 Å². The van der Waals surface area contributed by atoms with Gasteiger partial charge in [-0.2, -0.15) is 5.10 Å². The van der Waals surface area contributed by atoms with Gasteiger partial charge in [-0.3, -0.25) is 4.68 Å². The summed E-state index contributed by atoms with van der Waals surface area (Å²) in [4.78, 5) is 0. The fourth-order valence-corrected chi connectivity index (χ4v) is 2.19. The van der Waals surface area contributed by atoms with E-state index in [-0.39, 0.29) is 0 Å². The third-order valence-corrected chi connectivity index (χ3v) is 3.31. The van der Waals surface area contributed by atoms with Crippen LogP contribution in [0.4, 0.5) is 5.69 Å². The van der Waals surface area contributed by atoms with Crippen LogP contribution in [0.3, 0.4) is 0 Å². The molecule has 3 nitrogen and oxygen atoms in total. The van der Waals surface area contributed by atoms with Crippen molar-refractivity contribution in [3.8, 4) is 0 Å². The van der Waals surface area contributed by atoms with Crippen LogP contribution >= 0.6 is 0 Å². The lowest BCUT2D eigenvalue weighted by Gasteiger charge is -2.26. The molecule has 1 aromatic heterocycles. The van der Waals surface area contributed by atoms with Crippen LogP contribution in [-0.4, -0.2) is 9.78 Å². The van der Waals surface area contributed by atoms with Crippen molar-refractivity contribution in [2.24, 2.45) is 5.92 Å². The molecular weight excluding hydrogens is 174 g/mol. The van der Waals surface area contributed by atoms with Crippen LogP contribution in [0.25, 0.3) is 0 Å². The summed E-state index contributed by atoms with van der Waals surface area (Å²) in [7, 11) is 0. The number of hydrogen-bond donors (Lipinski definition) is 1. The van der Waals surface area contributed by atoms with Gasteiger partial charge < -0.3 is 5.73 Å². The van der Waals surface area contributed by atoms with Crippen LogP contribution in [-0.2, 0) is 0 Å². The maximum Gasteiger partial charge on any atom is 0.0823 e. The molecule has 1 fully saturated rings. The van der Waals surface area contributed by atoms with Crippen LogP contribution in [0.1, 0.15) is 44.3 Å². The van der Waals surface area contributed by atoms with Crippen molar-refractivity contribution in [1.82, 2.24) is 9.78 Å². The summed E-state index contributed by atoms with van der Waals surface area (Å²) >= 11 is 0. The molecule has 3 heteroatoms. The Hall–Kier alpha value is -0.990. The first-order chi connectivity index (χ1) is 6.66. The quantitative estimate of drug-likeness (QED) is 0.744. The highest BCUT2D eigenvalue weighted by atomic mass is 15.3. The highest BCUT2D eigenvalue weighted by molar-refractivity contribution is 5.39. The summed E-state index contributed by atoms with van der Waals surface area (Å²) in [6.45, 7) is 4.30. The molecule has 1 aliphatic rings. The van der Waals surface area contributed by atoms with Gasteiger partial charge in [-0.25, -0.2) is 0 Å². The summed E-state index contributed by atoms with van der Waals surface area (Å²) in [5, 5.41) is 4.45. The predicted molar refractivity (Wildman–Crippen MR) is 58.0 cm³/mol. The van der Waals surface area contributed by atoms with Gasteiger partial charge in [-0.05, 0) is 38.5 Å². The van der Waals surface area contributed by atoms with Crippen molar-refractivity contribution in [2.75, 3.05) is 5.73 Å². The Labute approximate surface area is 85.3 Å². The number of aryl methyl sites for hydroxylation is 1. The second-order valence-electron chi connectivity index (χ2n) is 4.56. The number of rotatable bonds is 1. The van der Waals surface area contributed by atoms with Gasteiger partial charge in [-0.15, -0.1) is 0 Å². The van der Waals surface area contributed by atoms with E-state index >= 15 is 0 Å². The van der Waals surface area contributed by atoms with E-state index in [1.807, 2.05) is 13.1 Å². The Morgan fingerprint density at radius 1 is 1.36 bits per heavy atom. The van der Waals surface area contributed by atoms with Crippen molar-refractivity contribution in [3.05, 3.63) is 11.9 Å². The number of nitrogens with zero attached hydrogens (tertiary/aromatic N) is 2. The molecule has 1 heterocycles. The molecule has 0 radical (unpaired) electrons. The Morgan fingerprint density at radius 2 is 2.00 bits per heavy atom. The summed E-state index contributed by atoms with van der Waals surface area (Å²) in [6.07, 6.45) is 7.13. The van der Waals surface area contributed by atoms with Gasteiger partial charge in [0.1, 0.15) is 0 Å². The van der Waals surface area contributed by atoms with Gasteiger partial charge in [0.25, 0.3) is 0 Å². The molecular formula is C11H19N3. The third kappa shape index (κ3) is 1.76. The molecule has 1 saturated carbocycles. The van der Waals surface area contributed by atoms with Crippen LogP contribution < -0.4 is 5.73 Å². The maximum absolute atomic E-state index is 5.79. The standard InChI is InChI=1S/C11H19N3/c1-8-3-5-10(6-4-8)14-7-11(12)9(2)13-14/h7-8,10H,3-6,12H2,1-2H3. The highest BCUT2D eigenvalue weighted by Crippen LogP contribution is 2.31. The van der Waals surface area contributed by atoms with E-state index in [9.17, 15) is 0 Å². The molecule has 0 unspecified atom stereocenters. The second-order valence-corrected chi connectivity index (χ2v) is 4.56.